The molecular formula is C24H23N3O5S. The van der Waals surface area contributed by atoms with Crippen LogP contribution in [0.4, 0.5) is 11.4 Å². The van der Waals surface area contributed by atoms with Crippen LogP contribution in [0.15, 0.2) is 93.0 Å². The maximum absolute atomic E-state index is 13.0. The third-order valence-electron chi connectivity index (χ3n) is 5.26. The molecule has 1 aromatic heterocycles. The number of rotatable bonds is 8. The van der Waals surface area contributed by atoms with E-state index < -0.39 is 15.8 Å². The normalized spacial score (nSPS) is 11.4. The molecule has 1 heterocycles. The summed E-state index contributed by atoms with van der Waals surface area (Å²) < 4.78 is 33.9. The number of para-hydroxylation sites is 3. The van der Waals surface area contributed by atoms with Crippen LogP contribution in [0.25, 0.3) is 11.1 Å². The molecule has 0 saturated carbocycles. The maximum Gasteiger partial charge on any atom is 0.419 e. The van der Waals surface area contributed by atoms with Gasteiger partial charge in [0.15, 0.2) is 5.58 Å². The molecule has 4 aromatic rings. The lowest BCUT2D eigenvalue weighted by atomic mass is 10.2. The van der Waals surface area contributed by atoms with Crippen LogP contribution in [0.1, 0.15) is 12.8 Å². The van der Waals surface area contributed by atoms with Crippen molar-refractivity contribution in [2.75, 3.05) is 16.7 Å². The summed E-state index contributed by atoms with van der Waals surface area (Å²) in [5, 5.41) is 2.73. The van der Waals surface area contributed by atoms with Gasteiger partial charge in [0.05, 0.1) is 16.1 Å². The lowest BCUT2D eigenvalue weighted by molar-refractivity contribution is -0.116. The van der Waals surface area contributed by atoms with Crippen LogP contribution in [0.5, 0.6) is 0 Å². The van der Waals surface area contributed by atoms with Gasteiger partial charge in [-0.15, -0.1) is 0 Å². The van der Waals surface area contributed by atoms with Crippen LogP contribution < -0.4 is 15.4 Å². The van der Waals surface area contributed by atoms with Crippen LogP contribution in [-0.2, 0) is 21.4 Å². The highest BCUT2D eigenvalue weighted by molar-refractivity contribution is 7.92. The van der Waals surface area contributed by atoms with E-state index in [1.54, 1.807) is 54.6 Å². The van der Waals surface area contributed by atoms with Crippen LogP contribution >= 0.6 is 0 Å². The fourth-order valence-electron chi connectivity index (χ4n) is 3.52. The molecule has 0 fully saturated rings. The highest BCUT2D eigenvalue weighted by Gasteiger charge is 2.21. The minimum atomic E-state index is -3.79. The second-order valence-electron chi connectivity index (χ2n) is 7.47. The molecule has 3 aromatic carbocycles. The maximum atomic E-state index is 13.0. The number of oxazole rings is 1. The topological polar surface area (TPSA) is 102 Å². The number of carbonyl (C=O) groups is 1. The van der Waals surface area contributed by atoms with Crippen molar-refractivity contribution < 1.29 is 17.6 Å². The first-order valence-corrected chi connectivity index (χ1v) is 11.8. The summed E-state index contributed by atoms with van der Waals surface area (Å²) in [5.41, 5.74) is 2.11. The monoisotopic (exact) mass is 465 g/mol. The molecular weight excluding hydrogens is 442 g/mol. The number of hydrogen-bond donors (Lipinski definition) is 1. The second kappa shape index (κ2) is 9.33. The first-order chi connectivity index (χ1) is 15.9. The summed E-state index contributed by atoms with van der Waals surface area (Å²) in [6.45, 7) is 0.333. The van der Waals surface area contributed by atoms with E-state index in [4.69, 9.17) is 4.42 Å². The predicted octanol–water partition coefficient (Wildman–Crippen LogP) is 3.84. The first-order valence-electron chi connectivity index (χ1n) is 10.4. The Bertz CT molecular complexity index is 1440. The highest BCUT2D eigenvalue weighted by Crippen LogP contribution is 2.23. The Balaban J connectivity index is 1.40. The van der Waals surface area contributed by atoms with Crippen LogP contribution in [-0.4, -0.2) is 25.9 Å². The van der Waals surface area contributed by atoms with Gasteiger partial charge < -0.3 is 9.73 Å². The van der Waals surface area contributed by atoms with Gasteiger partial charge >= 0.3 is 5.76 Å². The molecule has 1 N–H and O–H groups in total. The van der Waals surface area contributed by atoms with E-state index in [0.717, 1.165) is 0 Å². The largest absolute Gasteiger partial charge is 0.419 e. The number of benzene rings is 3. The lowest BCUT2D eigenvalue weighted by Gasteiger charge is -2.19. The average Bonchev–Trinajstić information content (AvgIpc) is 3.14. The standard InChI is InChI=1S/C24H23N3O5S/c1-26(19-10-3-2-4-11-19)33(30,31)20-12-7-9-18(17-20)25-23(28)15-8-16-27-21-13-5-6-14-22(21)32-24(27)29/h2-7,9-14,17H,8,15-16H2,1H3,(H,25,28). The molecule has 0 aliphatic rings. The number of nitrogens with zero attached hydrogens (tertiary/aromatic N) is 2. The van der Waals surface area contributed by atoms with E-state index in [2.05, 4.69) is 5.32 Å². The number of fused-ring (bicyclic) bond motifs is 1. The summed E-state index contributed by atoms with van der Waals surface area (Å²) in [4.78, 5) is 24.5. The Labute approximate surface area is 191 Å². The summed E-state index contributed by atoms with van der Waals surface area (Å²) in [6, 6.07) is 22.0. The summed E-state index contributed by atoms with van der Waals surface area (Å²) in [5.74, 6) is -0.737. The molecule has 0 aliphatic heterocycles. The zero-order valence-corrected chi connectivity index (χ0v) is 18.8. The number of hydrogen-bond acceptors (Lipinski definition) is 5. The van der Waals surface area contributed by atoms with Gasteiger partial charge in [0.1, 0.15) is 0 Å². The zero-order valence-electron chi connectivity index (χ0n) is 18.0. The molecule has 9 heteroatoms. The van der Waals surface area contributed by atoms with E-state index in [9.17, 15) is 18.0 Å². The van der Waals surface area contributed by atoms with Gasteiger partial charge in [-0.2, -0.15) is 0 Å². The summed E-state index contributed by atoms with van der Waals surface area (Å²) in [7, 11) is -2.31. The van der Waals surface area contributed by atoms with Crippen molar-refractivity contribution in [1.29, 1.82) is 0 Å². The Morgan fingerprint density at radius 2 is 1.73 bits per heavy atom. The molecule has 33 heavy (non-hydrogen) atoms. The van der Waals surface area contributed by atoms with E-state index in [-0.39, 0.29) is 17.2 Å². The van der Waals surface area contributed by atoms with Crippen molar-refractivity contribution in [1.82, 2.24) is 4.57 Å². The molecule has 4 rings (SSSR count). The number of carbonyl (C=O) groups excluding carboxylic acids is 1. The first kappa shape index (κ1) is 22.3. The zero-order chi connectivity index (χ0) is 23.4. The Morgan fingerprint density at radius 1 is 1.00 bits per heavy atom. The highest BCUT2D eigenvalue weighted by atomic mass is 32.2. The van der Waals surface area contributed by atoms with Crippen molar-refractivity contribution in [2.24, 2.45) is 0 Å². The molecule has 8 nitrogen and oxygen atoms in total. The van der Waals surface area contributed by atoms with Gasteiger partial charge in [-0.1, -0.05) is 36.4 Å². The Kier molecular flexibility index (Phi) is 6.32. The number of nitrogens with one attached hydrogen (secondary N) is 1. The summed E-state index contributed by atoms with van der Waals surface area (Å²) in [6.07, 6.45) is 0.580. The molecule has 0 saturated heterocycles. The fourth-order valence-corrected chi connectivity index (χ4v) is 4.76. The lowest BCUT2D eigenvalue weighted by Crippen LogP contribution is -2.26. The van der Waals surface area contributed by atoms with Gasteiger partial charge in [0.25, 0.3) is 10.0 Å². The molecule has 0 radical (unpaired) electrons. The number of anilines is 2. The molecule has 1 amide bonds. The van der Waals surface area contributed by atoms with E-state index in [1.807, 2.05) is 12.1 Å². The molecule has 0 aliphatic carbocycles. The number of aromatic nitrogens is 1. The second-order valence-corrected chi connectivity index (χ2v) is 9.44. The van der Waals surface area contributed by atoms with Crippen molar-refractivity contribution in [2.45, 2.75) is 24.3 Å². The van der Waals surface area contributed by atoms with E-state index in [0.29, 0.717) is 35.4 Å². The fraction of sp³-hybridized carbons (Fsp3) is 0.167. The van der Waals surface area contributed by atoms with Crippen molar-refractivity contribution in [3.8, 4) is 0 Å². The van der Waals surface area contributed by atoms with Crippen molar-refractivity contribution in [3.63, 3.8) is 0 Å². The van der Waals surface area contributed by atoms with Gasteiger partial charge in [-0.05, 0) is 48.9 Å². The van der Waals surface area contributed by atoms with Gasteiger partial charge in [0, 0.05) is 25.7 Å². The third-order valence-corrected chi connectivity index (χ3v) is 7.04. The molecule has 170 valence electrons. The molecule has 0 bridgehead atoms. The van der Waals surface area contributed by atoms with Crippen molar-refractivity contribution >= 4 is 38.4 Å². The van der Waals surface area contributed by atoms with E-state index in [1.165, 1.54) is 28.1 Å². The minimum Gasteiger partial charge on any atom is -0.408 e. The van der Waals surface area contributed by atoms with Crippen LogP contribution in [0.3, 0.4) is 0 Å². The number of sulfonamides is 1. The van der Waals surface area contributed by atoms with Crippen LogP contribution in [0, 0.1) is 0 Å². The Morgan fingerprint density at radius 3 is 2.52 bits per heavy atom. The molecule has 0 spiro atoms. The van der Waals surface area contributed by atoms with Gasteiger partial charge in [-0.3, -0.25) is 13.7 Å². The SMILES string of the molecule is CN(c1ccccc1)S(=O)(=O)c1cccc(NC(=O)CCCn2c(=O)oc3ccccc32)c1. The Hall–Kier alpha value is -3.85. The van der Waals surface area contributed by atoms with Gasteiger partial charge in [-0.25, -0.2) is 13.2 Å². The third kappa shape index (κ3) is 4.83. The number of amides is 1. The minimum absolute atomic E-state index is 0.0723. The average molecular weight is 466 g/mol. The quantitative estimate of drug-likeness (QED) is 0.426. The van der Waals surface area contributed by atoms with Crippen molar-refractivity contribution in [3.05, 3.63) is 89.4 Å². The predicted molar refractivity (Wildman–Crippen MR) is 127 cm³/mol. The van der Waals surface area contributed by atoms with E-state index >= 15 is 0 Å². The van der Waals surface area contributed by atoms with Crippen LogP contribution in [0.2, 0.25) is 0 Å². The molecule has 0 unspecified atom stereocenters. The number of aryl methyl sites for hydroxylation is 1. The molecule has 0 atom stereocenters. The van der Waals surface area contributed by atoms with Gasteiger partial charge in [0.2, 0.25) is 5.91 Å². The smallest absolute Gasteiger partial charge is 0.408 e. The summed E-state index contributed by atoms with van der Waals surface area (Å²) >= 11 is 0.